The zero-order valence-corrected chi connectivity index (χ0v) is 40.7. The molecule has 0 bridgehead atoms. The van der Waals surface area contributed by atoms with Crippen molar-refractivity contribution in [3.05, 3.63) is 163 Å². The van der Waals surface area contributed by atoms with Crippen LogP contribution in [0.15, 0.2) is 106 Å². The number of piperidine rings is 2. The Labute approximate surface area is 413 Å². The number of carbonyl (C=O) groups is 4. The average Bonchev–Trinajstić information content (AvgIpc) is 3.94. The molecule has 8 atom stereocenters. The van der Waals surface area contributed by atoms with E-state index >= 15 is 0 Å². The first-order chi connectivity index (χ1) is 32.6. The molecule has 2 unspecified atom stereocenters. The molecule has 2 fully saturated rings. The van der Waals surface area contributed by atoms with Gasteiger partial charge in [0.2, 0.25) is 35.4 Å². The molecule has 356 valence electrons. The molecule has 2 N–H and O–H groups in total. The lowest BCUT2D eigenvalue weighted by Crippen LogP contribution is -2.49. The summed E-state index contributed by atoms with van der Waals surface area (Å²) in [7, 11) is 0. The highest BCUT2D eigenvalue weighted by Gasteiger charge is 2.49. The third kappa shape index (κ3) is 11.4. The van der Waals surface area contributed by atoms with E-state index in [4.69, 9.17) is 55.2 Å². The van der Waals surface area contributed by atoms with Gasteiger partial charge in [-0.3, -0.25) is 19.2 Å². The van der Waals surface area contributed by atoms with E-state index in [0.717, 1.165) is 22.3 Å². The number of aliphatic carboxylic acids is 2. The third-order valence-electron chi connectivity index (χ3n) is 12.6. The highest BCUT2D eigenvalue weighted by Crippen LogP contribution is 2.52. The van der Waals surface area contributed by atoms with E-state index in [1.54, 1.807) is 60.0 Å². The van der Waals surface area contributed by atoms with Crippen LogP contribution in [0.25, 0.3) is 0 Å². The normalized spacial score (nSPS) is 21.5. The molecule has 4 aromatic carbocycles. The van der Waals surface area contributed by atoms with Crippen LogP contribution < -0.4 is 0 Å². The summed E-state index contributed by atoms with van der Waals surface area (Å²) in [6.45, 7) is 7.26. The lowest BCUT2D eigenvalue weighted by atomic mass is 9.74. The third-order valence-corrected chi connectivity index (χ3v) is 13.5. The van der Waals surface area contributed by atoms with Gasteiger partial charge in [0.1, 0.15) is 12.1 Å². The summed E-state index contributed by atoms with van der Waals surface area (Å²) in [5.41, 5.74) is 3.62. The molecule has 2 aliphatic heterocycles. The Kier molecular flexibility index (Phi) is 16.3. The Hall–Kier alpha value is -5.80. The first kappa shape index (κ1) is 50.1. The van der Waals surface area contributed by atoms with Gasteiger partial charge in [-0.1, -0.05) is 109 Å². The van der Waals surface area contributed by atoms with Crippen molar-refractivity contribution in [1.29, 1.82) is 0 Å². The van der Waals surface area contributed by atoms with E-state index in [0.29, 0.717) is 69.3 Å². The van der Waals surface area contributed by atoms with Crippen molar-refractivity contribution in [3.8, 4) is 0 Å². The van der Waals surface area contributed by atoms with E-state index in [2.05, 4.69) is 20.4 Å². The molecule has 8 rings (SSSR count). The fourth-order valence-corrected chi connectivity index (χ4v) is 10.4. The monoisotopic (exact) mass is 1000 g/mol. The van der Waals surface area contributed by atoms with Crippen molar-refractivity contribution in [3.63, 3.8) is 0 Å². The fraction of sp³-hybridized carbons (Fsp3) is 0.360. The van der Waals surface area contributed by atoms with Crippen molar-refractivity contribution in [1.82, 2.24) is 30.2 Å². The number of aromatic nitrogens is 4. The zero-order chi connectivity index (χ0) is 48.8. The van der Waals surface area contributed by atoms with Gasteiger partial charge in [-0.05, 0) is 96.5 Å². The minimum absolute atomic E-state index is 0.208. The van der Waals surface area contributed by atoms with Gasteiger partial charge in [-0.2, -0.15) is 0 Å². The highest BCUT2D eigenvalue weighted by atomic mass is 35.5. The summed E-state index contributed by atoms with van der Waals surface area (Å²) < 4.78 is 11.5. The average molecular weight is 1000 g/mol. The second-order valence-electron chi connectivity index (χ2n) is 17.0. The minimum Gasteiger partial charge on any atom is -0.481 e. The molecule has 2 amide bonds. The van der Waals surface area contributed by atoms with Gasteiger partial charge in [0, 0.05) is 57.6 Å². The smallest absolute Gasteiger partial charge is 0.304 e. The van der Waals surface area contributed by atoms with Gasteiger partial charge in [0.25, 0.3) is 0 Å². The minimum atomic E-state index is -1.02. The second kappa shape index (κ2) is 22.1. The summed E-state index contributed by atoms with van der Waals surface area (Å²) in [6, 6.07) is 27.9. The number of carbonyl (C=O) groups excluding carboxylic acids is 2. The van der Waals surface area contributed by atoms with Gasteiger partial charge in [-0.25, -0.2) is 0 Å². The Balaban J connectivity index is 0.000000201. The van der Waals surface area contributed by atoms with E-state index in [-0.39, 0.29) is 36.5 Å². The number of nitrogens with zero attached hydrogens (tertiary/aromatic N) is 6. The quantitative estimate of drug-likeness (QED) is 0.105. The lowest BCUT2D eigenvalue weighted by molar-refractivity contribution is -0.153. The molecule has 2 saturated heterocycles. The molecular weight excluding hydrogens is 954 g/mol. The van der Waals surface area contributed by atoms with Gasteiger partial charge in [0.05, 0.1) is 24.9 Å². The summed E-state index contributed by atoms with van der Waals surface area (Å²) in [4.78, 5) is 54.5. The number of likely N-dealkylation sites (tertiary alicyclic amines) is 2. The number of amides is 2. The van der Waals surface area contributed by atoms with Crippen LogP contribution in [-0.2, 0) is 19.2 Å². The van der Waals surface area contributed by atoms with Crippen LogP contribution in [0.2, 0.25) is 20.1 Å². The summed E-state index contributed by atoms with van der Waals surface area (Å²) >= 11 is 25.0. The van der Waals surface area contributed by atoms with Crippen LogP contribution in [0.3, 0.4) is 0 Å². The van der Waals surface area contributed by atoms with Gasteiger partial charge in [-0.15, -0.1) is 20.4 Å². The van der Waals surface area contributed by atoms with E-state index < -0.39 is 47.9 Å². The first-order valence-electron chi connectivity index (χ1n) is 22.3. The number of halogens is 4. The molecular formula is C50H50Cl4N6O8. The number of aryl methyl sites for hydroxylation is 2. The Morgan fingerprint density at radius 1 is 0.574 bits per heavy atom. The van der Waals surface area contributed by atoms with Crippen molar-refractivity contribution in [2.45, 2.75) is 102 Å². The predicted molar refractivity (Wildman–Crippen MR) is 255 cm³/mol. The van der Waals surface area contributed by atoms with Gasteiger partial charge >= 0.3 is 11.9 Å². The summed E-state index contributed by atoms with van der Waals surface area (Å²) in [5, 5.41) is 37.7. The molecule has 4 heterocycles. The molecule has 0 spiro atoms. The molecule has 0 saturated carbocycles. The molecule has 2 aliphatic rings. The van der Waals surface area contributed by atoms with Crippen LogP contribution in [0.1, 0.15) is 134 Å². The largest absolute Gasteiger partial charge is 0.481 e. The van der Waals surface area contributed by atoms with Crippen molar-refractivity contribution < 1.29 is 38.2 Å². The Morgan fingerprint density at radius 2 is 0.941 bits per heavy atom. The molecule has 2 aromatic heterocycles. The Bertz CT molecular complexity index is 2550. The van der Waals surface area contributed by atoms with Crippen LogP contribution >= 0.6 is 46.4 Å². The molecule has 68 heavy (non-hydrogen) atoms. The first-order valence-corrected chi connectivity index (χ1v) is 23.8. The highest BCUT2D eigenvalue weighted by molar-refractivity contribution is 6.31. The maximum Gasteiger partial charge on any atom is 0.304 e. The Morgan fingerprint density at radius 3 is 1.24 bits per heavy atom. The topological polar surface area (TPSA) is 193 Å². The maximum absolute atomic E-state index is 13.9. The molecule has 18 heteroatoms. The molecule has 14 nitrogen and oxygen atoms in total. The van der Waals surface area contributed by atoms with Gasteiger partial charge < -0.3 is 28.8 Å². The number of carboxylic acid groups (broad SMARTS) is 2. The summed E-state index contributed by atoms with van der Waals surface area (Å²) in [5.74, 6) is -2.91. The van der Waals surface area contributed by atoms with Crippen LogP contribution in [0, 0.1) is 25.7 Å². The number of rotatable bonds is 14. The molecule has 6 aromatic rings. The van der Waals surface area contributed by atoms with E-state index in [1.807, 2.05) is 74.5 Å². The van der Waals surface area contributed by atoms with Crippen molar-refractivity contribution in [2.24, 2.45) is 11.8 Å². The second-order valence-corrected chi connectivity index (χ2v) is 18.8. The van der Waals surface area contributed by atoms with Crippen LogP contribution in [-0.4, -0.2) is 64.2 Å². The van der Waals surface area contributed by atoms with E-state index in [9.17, 15) is 29.4 Å². The van der Waals surface area contributed by atoms with Crippen molar-refractivity contribution >= 4 is 70.2 Å². The summed E-state index contributed by atoms with van der Waals surface area (Å²) in [6.07, 6.45) is 1.24. The lowest BCUT2D eigenvalue weighted by Gasteiger charge is -2.47. The molecule has 0 radical (unpaired) electrons. The number of carboxylic acids is 2. The van der Waals surface area contributed by atoms with Crippen molar-refractivity contribution in [2.75, 3.05) is 0 Å². The number of benzene rings is 4. The number of hydrogen-bond acceptors (Lipinski definition) is 10. The van der Waals surface area contributed by atoms with Crippen LogP contribution in [0.4, 0.5) is 0 Å². The standard InChI is InChI=1S/2C25H25Cl2N3O4/c2*1-3-21(24-29-28-14(2)34-24)30-23(15-7-9-18(26)10-8-15)20(16-5-4-6-19(27)11-16)12-17(25(30)33)13-22(31)32/h2*4-11,17,20-21,23H,3,12-13H2,1-2H3,(H,31,32)/t17-,20-,21+,23?;17-,20-,21-,23?/m11/s1. The molecule has 0 aliphatic carbocycles. The van der Waals surface area contributed by atoms with Crippen LogP contribution in [0.5, 0.6) is 0 Å². The SMILES string of the molecule is CC[C@@H](c1nnc(C)o1)N1C(=O)[C@@H](CC(=O)O)C[C@H](c2cccc(Cl)c2)C1c1ccc(Cl)cc1.CC[C@H](c1nnc(C)o1)N1C(=O)[C@@H](CC(=O)O)C[C@H](c2cccc(Cl)c2)C1c1ccc(Cl)cc1. The van der Waals surface area contributed by atoms with E-state index in [1.165, 1.54) is 0 Å². The predicted octanol–water partition coefficient (Wildman–Crippen LogP) is 12.0. The van der Waals surface area contributed by atoms with Gasteiger partial charge in [0.15, 0.2) is 0 Å². The zero-order valence-electron chi connectivity index (χ0n) is 37.6. The number of hydrogen-bond donors (Lipinski definition) is 2. The fourth-order valence-electron chi connectivity index (χ4n) is 9.70. The maximum atomic E-state index is 13.9.